The molecule has 0 spiro atoms. The second-order valence-electron chi connectivity index (χ2n) is 12.0. The highest BCUT2D eigenvalue weighted by molar-refractivity contribution is 5.96. The summed E-state index contributed by atoms with van der Waals surface area (Å²) in [5.41, 5.74) is -1.29. The number of carbonyl (C=O) groups excluding carboxylic acids is 5. The molecular formula is C29H44N4O7. The number of benzene rings is 1. The highest BCUT2D eigenvalue weighted by atomic mass is 16.6. The quantitative estimate of drug-likeness (QED) is 0.373. The van der Waals surface area contributed by atoms with Crippen LogP contribution in [0.5, 0.6) is 0 Å². The van der Waals surface area contributed by atoms with Crippen molar-refractivity contribution in [2.45, 2.75) is 104 Å². The van der Waals surface area contributed by atoms with Crippen molar-refractivity contribution in [3.8, 4) is 0 Å². The van der Waals surface area contributed by atoms with Gasteiger partial charge in [-0.15, -0.1) is 0 Å². The molecule has 11 nitrogen and oxygen atoms in total. The summed E-state index contributed by atoms with van der Waals surface area (Å²) in [6, 6.07) is 6.53. The molecule has 1 aromatic carbocycles. The third kappa shape index (κ3) is 9.53. The number of esters is 1. The maximum Gasteiger partial charge on any atom is 0.408 e. The van der Waals surface area contributed by atoms with Gasteiger partial charge in [-0.05, 0) is 65.9 Å². The van der Waals surface area contributed by atoms with E-state index in [2.05, 4.69) is 16.0 Å². The summed E-state index contributed by atoms with van der Waals surface area (Å²) < 4.78 is 10.6. The lowest BCUT2D eigenvalue weighted by Gasteiger charge is -2.33. The van der Waals surface area contributed by atoms with Gasteiger partial charge in [0.2, 0.25) is 17.7 Å². The summed E-state index contributed by atoms with van der Waals surface area (Å²) in [4.78, 5) is 65.9. The number of ether oxygens (including phenoxy) is 2. The summed E-state index contributed by atoms with van der Waals surface area (Å²) in [6.07, 6.45) is 0.293. The maximum absolute atomic E-state index is 13.4. The van der Waals surface area contributed by atoms with Gasteiger partial charge in [-0.1, -0.05) is 44.2 Å². The Balaban J connectivity index is 1.99. The zero-order valence-corrected chi connectivity index (χ0v) is 24.8. The highest BCUT2D eigenvalue weighted by Crippen LogP contribution is 2.22. The first-order valence-electron chi connectivity index (χ1n) is 13.7. The van der Waals surface area contributed by atoms with Crippen LogP contribution < -0.4 is 16.0 Å². The van der Waals surface area contributed by atoms with Crippen LogP contribution in [0.3, 0.4) is 0 Å². The third-order valence-corrected chi connectivity index (χ3v) is 6.37. The van der Waals surface area contributed by atoms with Crippen LogP contribution in [0.1, 0.15) is 73.8 Å². The summed E-state index contributed by atoms with van der Waals surface area (Å²) in [7, 11) is 0. The number of nitrogens with zero attached hydrogens (tertiary/aromatic N) is 1. The number of amides is 4. The normalized spacial score (nSPS) is 17.0. The monoisotopic (exact) mass is 560 g/mol. The molecule has 1 saturated heterocycles. The fourth-order valence-electron chi connectivity index (χ4n) is 4.17. The molecule has 40 heavy (non-hydrogen) atoms. The van der Waals surface area contributed by atoms with E-state index in [-0.39, 0.29) is 12.5 Å². The summed E-state index contributed by atoms with van der Waals surface area (Å²) in [5, 5.41) is 7.94. The zero-order chi connectivity index (χ0) is 30.3. The third-order valence-electron chi connectivity index (χ3n) is 6.37. The average molecular weight is 561 g/mol. The molecule has 3 atom stereocenters. The van der Waals surface area contributed by atoms with Gasteiger partial charge in [0.15, 0.2) is 0 Å². The minimum absolute atomic E-state index is 0.0751. The average Bonchev–Trinajstić information content (AvgIpc) is 3.35. The molecule has 1 aromatic rings. The van der Waals surface area contributed by atoms with E-state index in [1.807, 2.05) is 30.3 Å². The summed E-state index contributed by atoms with van der Waals surface area (Å²) >= 11 is 0. The fraction of sp³-hybridized carbons (Fsp3) is 0.621. The number of alkyl carbamates (subject to hydrolysis) is 1. The Morgan fingerprint density at radius 1 is 0.975 bits per heavy atom. The highest BCUT2D eigenvalue weighted by Gasteiger charge is 2.41. The van der Waals surface area contributed by atoms with E-state index in [1.54, 1.807) is 34.6 Å². The molecule has 2 rings (SSSR count). The number of hydrogen-bond donors (Lipinski definition) is 3. The van der Waals surface area contributed by atoms with Crippen LogP contribution in [0.25, 0.3) is 0 Å². The van der Waals surface area contributed by atoms with Crippen LogP contribution in [0.4, 0.5) is 4.79 Å². The molecular weight excluding hydrogens is 516 g/mol. The van der Waals surface area contributed by atoms with Gasteiger partial charge in [-0.25, -0.2) is 9.59 Å². The number of likely N-dealkylation sites (tertiary alicyclic amines) is 1. The molecule has 0 bridgehead atoms. The smallest absolute Gasteiger partial charge is 0.408 e. The second kappa shape index (κ2) is 13.6. The van der Waals surface area contributed by atoms with Gasteiger partial charge >= 0.3 is 12.1 Å². The molecule has 0 aromatic heterocycles. The van der Waals surface area contributed by atoms with Gasteiger partial charge in [-0.3, -0.25) is 14.4 Å². The number of hydrogen-bond acceptors (Lipinski definition) is 7. The molecule has 1 fully saturated rings. The zero-order valence-electron chi connectivity index (χ0n) is 24.8. The van der Waals surface area contributed by atoms with Gasteiger partial charge in [0.25, 0.3) is 0 Å². The summed E-state index contributed by atoms with van der Waals surface area (Å²) in [6.45, 7) is 13.7. The lowest BCUT2D eigenvalue weighted by molar-refractivity contribution is -0.149. The number of carbonyl (C=O) groups is 5. The van der Waals surface area contributed by atoms with Crippen LogP contribution >= 0.6 is 0 Å². The topological polar surface area (TPSA) is 143 Å². The molecule has 1 aliphatic heterocycles. The van der Waals surface area contributed by atoms with Crippen molar-refractivity contribution in [1.29, 1.82) is 0 Å². The van der Waals surface area contributed by atoms with E-state index in [0.717, 1.165) is 5.56 Å². The predicted molar refractivity (Wildman–Crippen MR) is 149 cm³/mol. The first-order chi connectivity index (χ1) is 18.5. The lowest BCUT2D eigenvalue weighted by atomic mass is 10.0. The Hall–Kier alpha value is -3.63. The molecule has 0 unspecified atom stereocenters. The minimum Gasteiger partial charge on any atom is -0.459 e. The molecule has 0 saturated carbocycles. The van der Waals surface area contributed by atoms with Gasteiger partial charge in [0.05, 0.1) is 0 Å². The molecule has 0 aliphatic carbocycles. The standard InChI is InChI=1S/C29H44N4O7/c1-18(2)22(31-27(38)40-28(4,5)6)24(35)33-16-12-15-21(33)23(34)32-29(7,8)26(37)30-19(3)25(36)39-17-20-13-10-9-11-14-20/h9-11,13-14,18-19,21-22H,12,15-17H2,1-8H3,(H,30,37)(H,31,38)(H,32,34)/t19-,21-,22-/m0/s1. The maximum atomic E-state index is 13.4. The Bertz CT molecular complexity index is 1070. The van der Waals surface area contributed by atoms with Crippen molar-refractivity contribution in [3.63, 3.8) is 0 Å². The lowest BCUT2D eigenvalue weighted by Crippen LogP contribution is -2.61. The van der Waals surface area contributed by atoms with E-state index < -0.39 is 59.0 Å². The second-order valence-corrected chi connectivity index (χ2v) is 12.0. The first kappa shape index (κ1) is 32.6. The van der Waals surface area contributed by atoms with Crippen molar-refractivity contribution < 1.29 is 33.4 Å². The van der Waals surface area contributed by atoms with Crippen LogP contribution in [-0.2, 0) is 35.3 Å². The van der Waals surface area contributed by atoms with E-state index in [0.29, 0.717) is 19.4 Å². The van der Waals surface area contributed by atoms with Crippen molar-refractivity contribution in [3.05, 3.63) is 35.9 Å². The Morgan fingerprint density at radius 3 is 2.17 bits per heavy atom. The Morgan fingerprint density at radius 2 is 1.60 bits per heavy atom. The first-order valence-corrected chi connectivity index (χ1v) is 13.7. The molecule has 3 N–H and O–H groups in total. The van der Waals surface area contributed by atoms with Crippen molar-refractivity contribution in [2.24, 2.45) is 5.92 Å². The number of nitrogens with one attached hydrogen (secondary N) is 3. The van der Waals surface area contributed by atoms with E-state index in [9.17, 15) is 24.0 Å². The minimum atomic E-state index is -1.38. The van der Waals surface area contributed by atoms with Crippen molar-refractivity contribution in [1.82, 2.24) is 20.9 Å². The molecule has 4 amide bonds. The van der Waals surface area contributed by atoms with E-state index in [4.69, 9.17) is 9.47 Å². The molecule has 0 radical (unpaired) electrons. The van der Waals surface area contributed by atoms with Gasteiger partial charge in [0, 0.05) is 6.54 Å². The largest absolute Gasteiger partial charge is 0.459 e. The predicted octanol–water partition coefficient (Wildman–Crippen LogP) is 2.67. The molecule has 222 valence electrons. The molecule has 11 heteroatoms. The van der Waals surface area contributed by atoms with Gasteiger partial charge in [-0.2, -0.15) is 0 Å². The molecule has 1 aliphatic rings. The van der Waals surface area contributed by atoms with Gasteiger partial charge in [0.1, 0.15) is 35.9 Å². The SMILES string of the molecule is CC(C)[C@H](NC(=O)OC(C)(C)C)C(=O)N1CCC[C@H]1C(=O)NC(C)(C)C(=O)N[C@@H](C)C(=O)OCc1ccccc1. The van der Waals surface area contributed by atoms with Crippen molar-refractivity contribution >= 4 is 29.8 Å². The molecule has 1 heterocycles. The van der Waals surface area contributed by atoms with Crippen LogP contribution in [0.2, 0.25) is 0 Å². The Kier molecular flexibility index (Phi) is 11.1. The van der Waals surface area contributed by atoms with Crippen molar-refractivity contribution in [2.75, 3.05) is 6.54 Å². The summed E-state index contributed by atoms with van der Waals surface area (Å²) in [5.74, 6) is -2.33. The van der Waals surface area contributed by atoms with Crippen LogP contribution in [-0.4, -0.2) is 70.5 Å². The van der Waals surface area contributed by atoms with Crippen LogP contribution in [0.15, 0.2) is 30.3 Å². The van der Waals surface area contributed by atoms with E-state index in [1.165, 1.54) is 25.7 Å². The number of rotatable bonds is 10. The van der Waals surface area contributed by atoms with Crippen LogP contribution in [0, 0.1) is 5.92 Å². The fourth-order valence-corrected chi connectivity index (χ4v) is 4.17. The van der Waals surface area contributed by atoms with Gasteiger partial charge < -0.3 is 30.3 Å². The van der Waals surface area contributed by atoms with E-state index >= 15 is 0 Å². The Labute approximate surface area is 236 Å².